The second-order valence-corrected chi connectivity index (χ2v) is 4.72. The highest BCUT2D eigenvalue weighted by molar-refractivity contribution is 4.76. The molecule has 1 aliphatic carbocycles. The Morgan fingerprint density at radius 2 is 1.92 bits per heavy atom. The molecule has 0 heterocycles. The van der Waals surface area contributed by atoms with Crippen molar-refractivity contribution in [2.45, 2.75) is 52.6 Å². The molecule has 1 rings (SSSR count). The monoisotopic (exact) mass is 170 g/mol. The lowest BCUT2D eigenvalue weighted by atomic mass is 9.85. The van der Waals surface area contributed by atoms with Crippen molar-refractivity contribution >= 4 is 0 Å². The van der Waals surface area contributed by atoms with E-state index in [4.69, 9.17) is 0 Å². The smallest absolute Gasteiger partial charge is 0.0565 e. The zero-order valence-corrected chi connectivity index (χ0v) is 8.59. The quantitative estimate of drug-likeness (QED) is 0.600. The molecule has 0 aromatic carbocycles. The van der Waals surface area contributed by atoms with Crippen LogP contribution in [0.3, 0.4) is 0 Å². The average molecular weight is 170 g/mol. The van der Waals surface area contributed by atoms with Crippen LogP contribution in [0.1, 0.15) is 46.5 Å². The minimum atomic E-state index is -0.0336. The summed E-state index contributed by atoms with van der Waals surface area (Å²) >= 11 is 0. The molecule has 1 fully saturated rings. The molecule has 0 spiro atoms. The van der Waals surface area contributed by atoms with Crippen LogP contribution in [0.15, 0.2) is 0 Å². The third-order valence-electron chi connectivity index (χ3n) is 3.35. The van der Waals surface area contributed by atoms with Crippen LogP contribution in [0.4, 0.5) is 0 Å². The Hall–Kier alpha value is -0.0400. The van der Waals surface area contributed by atoms with Gasteiger partial charge in [0.1, 0.15) is 0 Å². The van der Waals surface area contributed by atoms with Crippen molar-refractivity contribution in [2.75, 3.05) is 0 Å². The van der Waals surface area contributed by atoms with E-state index in [0.29, 0.717) is 5.92 Å². The highest BCUT2D eigenvalue weighted by Gasteiger charge is 2.24. The van der Waals surface area contributed by atoms with Crippen LogP contribution < -0.4 is 0 Å². The number of aliphatic hydroxyl groups is 1. The van der Waals surface area contributed by atoms with Gasteiger partial charge in [0.15, 0.2) is 0 Å². The van der Waals surface area contributed by atoms with Crippen LogP contribution in [0.5, 0.6) is 0 Å². The van der Waals surface area contributed by atoms with Gasteiger partial charge in [-0.15, -0.1) is 0 Å². The summed E-state index contributed by atoms with van der Waals surface area (Å²) in [4.78, 5) is 0. The van der Waals surface area contributed by atoms with E-state index in [2.05, 4.69) is 20.8 Å². The lowest BCUT2D eigenvalue weighted by Gasteiger charge is -2.22. The predicted molar refractivity (Wildman–Crippen MR) is 52.0 cm³/mol. The molecule has 1 heteroatoms. The van der Waals surface area contributed by atoms with E-state index in [1.54, 1.807) is 0 Å². The second kappa shape index (κ2) is 4.27. The van der Waals surface area contributed by atoms with Crippen molar-refractivity contribution in [3.05, 3.63) is 0 Å². The van der Waals surface area contributed by atoms with Crippen molar-refractivity contribution in [3.8, 4) is 0 Å². The Labute approximate surface area is 76.2 Å². The van der Waals surface area contributed by atoms with E-state index in [0.717, 1.165) is 18.3 Å². The van der Waals surface area contributed by atoms with Gasteiger partial charge in [-0.1, -0.05) is 33.6 Å². The minimum Gasteiger partial charge on any atom is -0.393 e. The van der Waals surface area contributed by atoms with Crippen molar-refractivity contribution in [1.29, 1.82) is 0 Å². The summed E-state index contributed by atoms with van der Waals surface area (Å²) in [6, 6.07) is 0. The van der Waals surface area contributed by atoms with Crippen LogP contribution in [-0.2, 0) is 0 Å². The van der Waals surface area contributed by atoms with Crippen LogP contribution in [0.25, 0.3) is 0 Å². The van der Waals surface area contributed by atoms with Gasteiger partial charge >= 0.3 is 0 Å². The number of hydrogen-bond donors (Lipinski definition) is 1. The molecule has 1 aliphatic rings. The Kier molecular flexibility index (Phi) is 3.57. The minimum absolute atomic E-state index is 0.0336. The van der Waals surface area contributed by atoms with Gasteiger partial charge in [-0.3, -0.25) is 0 Å². The first kappa shape index (κ1) is 10.0. The molecule has 12 heavy (non-hydrogen) atoms. The molecule has 0 saturated heterocycles. The summed E-state index contributed by atoms with van der Waals surface area (Å²) in [6.07, 6.45) is 4.74. The number of rotatable bonds is 1. The molecular weight excluding hydrogens is 148 g/mol. The van der Waals surface area contributed by atoms with E-state index < -0.39 is 0 Å². The highest BCUT2D eigenvalue weighted by Crippen LogP contribution is 2.31. The summed E-state index contributed by atoms with van der Waals surface area (Å²) in [5.41, 5.74) is 0. The van der Waals surface area contributed by atoms with Gasteiger partial charge in [0.25, 0.3) is 0 Å². The predicted octanol–water partition coefficient (Wildman–Crippen LogP) is 2.83. The molecule has 0 aliphatic heterocycles. The molecule has 3 unspecified atom stereocenters. The summed E-state index contributed by atoms with van der Waals surface area (Å²) < 4.78 is 0. The van der Waals surface area contributed by atoms with Gasteiger partial charge in [-0.05, 0) is 30.6 Å². The van der Waals surface area contributed by atoms with Crippen LogP contribution in [0.2, 0.25) is 0 Å². The molecule has 72 valence electrons. The summed E-state index contributed by atoms with van der Waals surface area (Å²) in [5.74, 6) is 2.15. The van der Waals surface area contributed by atoms with Gasteiger partial charge in [-0.25, -0.2) is 0 Å². The molecule has 0 bridgehead atoms. The number of hydrogen-bond acceptors (Lipinski definition) is 1. The fourth-order valence-corrected chi connectivity index (χ4v) is 2.23. The van der Waals surface area contributed by atoms with Crippen LogP contribution in [0, 0.1) is 17.8 Å². The molecular formula is C11H22O. The van der Waals surface area contributed by atoms with Gasteiger partial charge in [0.05, 0.1) is 6.10 Å². The molecule has 1 saturated carbocycles. The summed E-state index contributed by atoms with van der Waals surface area (Å²) in [5, 5.41) is 9.66. The number of aliphatic hydroxyl groups excluding tert-OH is 1. The largest absolute Gasteiger partial charge is 0.393 e. The standard InChI is InChI=1S/C11H22O/c1-8(2)10-5-4-6-11(12)9(3)7-10/h8-12H,4-7H2,1-3H3. The zero-order chi connectivity index (χ0) is 9.14. The highest BCUT2D eigenvalue weighted by atomic mass is 16.3. The SMILES string of the molecule is CC(C)C1CCCC(O)C(C)C1. The maximum Gasteiger partial charge on any atom is 0.0565 e. The van der Waals surface area contributed by atoms with E-state index in [-0.39, 0.29) is 6.10 Å². The van der Waals surface area contributed by atoms with Crippen LogP contribution >= 0.6 is 0 Å². The second-order valence-electron chi connectivity index (χ2n) is 4.72. The first-order valence-corrected chi connectivity index (χ1v) is 5.29. The molecule has 1 N–H and O–H groups in total. The van der Waals surface area contributed by atoms with Crippen molar-refractivity contribution in [3.63, 3.8) is 0 Å². The zero-order valence-electron chi connectivity index (χ0n) is 8.59. The first-order chi connectivity index (χ1) is 5.61. The third-order valence-corrected chi connectivity index (χ3v) is 3.35. The fraction of sp³-hybridized carbons (Fsp3) is 1.00. The molecule has 0 aromatic heterocycles. The van der Waals surface area contributed by atoms with Gasteiger partial charge < -0.3 is 5.11 Å². The Morgan fingerprint density at radius 1 is 1.25 bits per heavy atom. The van der Waals surface area contributed by atoms with Gasteiger partial charge in [0, 0.05) is 0 Å². The fourth-order valence-electron chi connectivity index (χ4n) is 2.23. The van der Waals surface area contributed by atoms with Gasteiger partial charge in [-0.2, -0.15) is 0 Å². The van der Waals surface area contributed by atoms with E-state index >= 15 is 0 Å². The van der Waals surface area contributed by atoms with Gasteiger partial charge in [0.2, 0.25) is 0 Å². The summed E-state index contributed by atoms with van der Waals surface area (Å²) in [7, 11) is 0. The topological polar surface area (TPSA) is 20.2 Å². The lowest BCUT2D eigenvalue weighted by molar-refractivity contribution is 0.103. The average Bonchev–Trinajstić information content (AvgIpc) is 2.15. The normalized spacial score (nSPS) is 38.2. The lowest BCUT2D eigenvalue weighted by Crippen LogP contribution is -2.18. The molecule has 0 aromatic rings. The molecule has 0 amide bonds. The van der Waals surface area contributed by atoms with E-state index in [9.17, 15) is 5.11 Å². The van der Waals surface area contributed by atoms with E-state index in [1.165, 1.54) is 19.3 Å². The van der Waals surface area contributed by atoms with Crippen LogP contribution in [-0.4, -0.2) is 11.2 Å². The molecule has 3 atom stereocenters. The third kappa shape index (κ3) is 2.48. The Morgan fingerprint density at radius 3 is 2.50 bits per heavy atom. The van der Waals surface area contributed by atoms with Crippen molar-refractivity contribution in [2.24, 2.45) is 17.8 Å². The van der Waals surface area contributed by atoms with E-state index in [1.807, 2.05) is 0 Å². The molecule has 1 nitrogen and oxygen atoms in total. The Balaban J connectivity index is 2.48. The maximum atomic E-state index is 9.66. The van der Waals surface area contributed by atoms with Crippen molar-refractivity contribution < 1.29 is 5.11 Å². The molecule has 0 radical (unpaired) electrons. The summed E-state index contributed by atoms with van der Waals surface area (Å²) in [6.45, 7) is 6.79. The Bertz CT molecular complexity index is 131. The van der Waals surface area contributed by atoms with Crippen molar-refractivity contribution in [1.82, 2.24) is 0 Å². The maximum absolute atomic E-state index is 9.66. The first-order valence-electron chi connectivity index (χ1n) is 5.29.